The summed E-state index contributed by atoms with van der Waals surface area (Å²) in [7, 11) is 2.00. The zero-order valence-corrected chi connectivity index (χ0v) is 10.6. The third-order valence-corrected chi connectivity index (χ3v) is 3.64. The smallest absolute Gasteiger partial charge is 0.308 e. The predicted molar refractivity (Wildman–Crippen MR) is 66.9 cm³/mol. The number of rotatable bonds is 4. The molecule has 92 valence electrons. The Morgan fingerprint density at radius 2 is 2.12 bits per heavy atom. The molecule has 0 bridgehead atoms. The fourth-order valence-corrected chi connectivity index (χ4v) is 2.24. The average Bonchev–Trinajstić information content (AvgIpc) is 3.03. The van der Waals surface area contributed by atoms with Gasteiger partial charge in [0, 0.05) is 12.6 Å². The fraction of sp³-hybridized carbons (Fsp3) is 0.500. The number of benzene rings is 1. The van der Waals surface area contributed by atoms with E-state index in [2.05, 4.69) is 36.9 Å². The normalized spacial score (nSPS) is 22.8. The number of carboxylic acid groups (broad SMARTS) is 1. The highest BCUT2D eigenvalue weighted by Gasteiger charge is 2.45. The van der Waals surface area contributed by atoms with Gasteiger partial charge in [-0.1, -0.05) is 18.2 Å². The molecule has 0 saturated heterocycles. The van der Waals surface area contributed by atoms with Crippen LogP contribution in [-0.2, 0) is 11.3 Å². The Morgan fingerprint density at radius 3 is 2.65 bits per heavy atom. The van der Waals surface area contributed by atoms with Crippen molar-refractivity contribution in [3.63, 3.8) is 0 Å². The molecule has 1 saturated carbocycles. The molecule has 1 N–H and O–H groups in total. The molecule has 1 aliphatic rings. The van der Waals surface area contributed by atoms with Gasteiger partial charge in [-0.15, -0.1) is 0 Å². The Hall–Kier alpha value is -1.35. The molecule has 2 atom stereocenters. The third-order valence-electron chi connectivity index (χ3n) is 3.64. The van der Waals surface area contributed by atoms with Crippen molar-refractivity contribution in [2.24, 2.45) is 5.92 Å². The molecule has 2 rings (SSSR count). The third kappa shape index (κ3) is 2.67. The van der Waals surface area contributed by atoms with E-state index >= 15 is 0 Å². The number of aliphatic carboxylic acids is 1. The Kier molecular flexibility index (Phi) is 3.20. The Labute approximate surface area is 102 Å². The van der Waals surface area contributed by atoms with Gasteiger partial charge < -0.3 is 5.11 Å². The molecule has 1 aromatic rings. The van der Waals surface area contributed by atoms with E-state index in [9.17, 15) is 4.79 Å². The lowest BCUT2D eigenvalue weighted by atomic mass is 10.1. The van der Waals surface area contributed by atoms with Gasteiger partial charge in [0.25, 0.3) is 0 Å². The first-order valence-corrected chi connectivity index (χ1v) is 5.98. The van der Waals surface area contributed by atoms with Gasteiger partial charge >= 0.3 is 5.97 Å². The van der Waals surface area contributed by atoms with Crippen molar-refractivity contribution in [1.82, 2.24) is 4.90 Å². The van der Waals surface area contributed by atoms with E-state index < -0.39 is 5.97 Å². The minimum absolute atomic E-state index is 0.161. The first-order valence-electron chi connectivity index (χ1n) is 5.98. The molecule has 1 aromatic carbocycles. The van der Waals surface area contributed by atoms with Crippen molar-refractivity contribution in [2.75, 3.05) is 7.05 Å². The number of carboxylic acids is 1. The molecule has 0 heterocycles. The summed E-state index contributed by atoms with van der Waals surface area (Å²) in [6, 6.07) is 6.65. The molecule has 3 heteroatoms. The molecule has 0 spiro atoms. The van der Waals surface area contributed by atoms with Gasteiger partial charge in [0.15, 0.2) is 0 Å². The molecule has 0 radical (unpaired) electrons. The Balaban J connectivity index is 1.97. The summed E-state index contributed by atoms with van der Waals surface area (Å²) >= 11 is 0. The number of hydrogen-bond acceptors (Lipinski definition) is 2. The summed E-state index contributed by atoms with van der Waals surface area (Å²) in [6.07, 6.45) is 0.788. The number of aryl methyl sites for hydroxylation is 2. The second-order valence-electron chi connectivity index (χ2n) is 5.08. The van der Waals surface area contributed by atoms with Gasteiger partial charge in [0.2, 0.25) is 0 Å². The number of carbonyl (C=O) groups is 1. The van der Waals surface area contributed by atoms with E-state index in [4.69, 9.17) is 5.11 Å². The predicted octanol–water partition coefficient (Wildman–Crippen LogP) is 2.21. The fourth-order valence-electron chi connectivity index (χ4n) is 2.24. The molecule has 0 amide bonds. The molecule has 3 nitrogen and oxygen atoms in total. The first kappa shape index (κ1) is 12.1. The van der Waals surface area contributed by atoms with Crippen LogP contribution in [0.3, 0.4) is 0 Å². The largest absolute Gasteiger partial charge is 0.481 e. The lowest BCUT2D eigenvalue weighted by Gasteiger charge is -2.17. The highest BCUT2D eigenvalue weighted by molar-refractivity contribution is 5.74. The molecule has 0 aromatic heterocycles. The molecule has 2 unspecified atom stereocenters. The summed E-state index contributed by atoms with van der Waals surface area (Å²) in [6.45, 7) is 5.04. The zero-order chi connectivity index (χ0) is 12.6. The van der Waals surface area contributed by atoms with Crippen LogP contribution >= 0.6 is 0 Å². The summed E-state index contributed by atoms with van der Waals surface area (Å²) in [5, 5.41) is 8.89. The van der Waals surface area contributed by atoms with E-state index in [-0.39, 0.29) is 12.0 Å². The lowest BCUT2D eigenvalue weighted by molar-refractivity contribution is -0.138. The van der Waals surface area contributed by atoms with Crippen molar-refractivity contribution in [2.45, 2.75) is 32.9 Å². The molecular weight excluding hydrogens is 214 g/mol. The van der Waals surface area contributed by atoms with E-state index in [1.54, 1.807) is 0 Å². The van der Waals surface area contributed by atoms with Crippen LogP contribution in [0.5, 0.6) is 0 Å². The van der Waals surface area contributed by atoms with Gasteiger partial charge in [0.05, 0.1) is 5.92 Å². The van der Waals surface area contributed by atoms with E-state index in [0.29, 0.717) is 0 Å². The molecule has 17 heavy (non-hydrogen) atoms. The maximum absolute atomic E-state index is 10.8. The SMILES string of the molecule is Cc1ccc(CN(C)C2CC2C(=O)O)cc1C. The van der Waals surface area contributed by atoms with Crippen LogP contribution in [0.2, 0.25) is 0 Å². The lowest BCUT2D eigenvalue weighted by Crippen LogP contribution is -2.23. The van der Waals surface area contributed by atoms with Crippen molar-refractivity contribution in [3.8, 4) is 0 Å². The van der Waals surface area contributed by atoms with Gasteiger partial charge in [-0.3, -0.25) is 9.69 Å². The van der Waals surface area contributed by atoms with Crippen molar-refractivity contribution in [1.29, 1.82) is 0 Å². The highest BCUT2D eigenvalue weighted by Crippen LogP contribution is 2.35. The van der Waals surface area contributed by atoms with Crippen LogP contribution in [-0.4, -0.2) is 29.1 Å². The maximum Gasteiger partial charge on any atom is 0.308 e. The van der Waals surface area contributed by atoms with E-state index in [1.807, 2.05) is 7.05 Å². The maximum atomic E-state index is 10.8. The van der Waals surface area contributed by atoms with Crippen molar-refractivity contribution in [3.05, 3.63) is 34.9 Å². The number of nitrogens with zero attached hydrogens (tertiary/aromatic N) is 1. The topological polar surface area (TPSA) is 40.5 Å². The van der Waals surface area contributed by atoms with Crippen LogP contribution in [0.25, 0.3) is 0 Å². The van der Waals surface area contributed by atoms with E-state index in [0.717, 1.165) is 13.0 Å². The Morgan fingerprint density at radius 1 is 1.41 bits per heavy atom. The van der Waals surface area contributed by atoms with Crippen LogP contribution in [0.1, 0.15) is 23.1 Å². The summed E-state index contributed by atoms with van der Waals surface area (Å²) in [5.41, 5.74) is 3.85. The summed E-state index contributed by atoms with van der Waals surface area (Å²) < 4.78 is 0. The van der Waals surface area contributed by atoms with Crippen LogP contribution < -0.4 is 0 Å². The molecule has 0 aliphatic heterocycles. The van der Waals surface area contributed by atoms with Gasteiger partial charge in [-0.05, 0) is 44.0 Å². The monoisotopic (exact) mass is 233 g/mol. The Bertz CT molecular complexity index is 442. The van der Waals surface area contributed by atoms with Crippen molar-refractivity contribution >= 4 is 5.97 Å². The number of hydrogen-bond donors (Lipinski definition) is 1. The minimum atomic E-state index is -0.665. The van der Waals surface area contributed by atoms with Gasteiger partial charge in [-0.2, -0.15) is 0 Å². The first-order chi connectivity index (χ1) is 7.99. The van der Waals surface area contributed by atoms with Gasteiger partial charge in [0.1, 0.15) is 0 Å². The van der Waals surface area contributed by atoms with Crippen molar-refractivity contribution < 1.29 is 9.90 Å². The zero-order valence-electron chi connectivity index (χ0n) is 10.6. The molecule has 1 aliphatic carbocycles. The second kappa shape index (κ2) is 4.49. The van der Waals surface area contributed by atoms with Crippen LogP contribution in [0.15, 0.2) is 18.2 Å². The van der Waals surface area contributed by atoms with Crippen LogP contribution in [0.4, 0.5) is 0 Å². The summed E-state index contributed by atoms with van der Waals surface area (Å²) in [4.78, 5) is 12.9. The highest BCUT2D eigenvalue weighted by atomic mass is 16.4. The van der Waals surface area contributed by atoms with Crippen LogP contribution in [0, 0.1) is 19.8 Å². The molecule has 1 fully saturated rings. The summed E-state index contributed by atoms with van der Waals surface area (Å²) in [5.74, 6) is -0.825. The minimum Gasteiger partial charge on any atom is -0.481 e. The standard InChI is InChI=1S/C14H19NO2/c1-9-4-5-11(6-10(9)2)8-15(3)13-7-12(13)14(16)17/h4-6,12-13H,7-8H2,1-3H3,(H,16,17). The quantitative estimate of drug-likeness (QED) is 0.866. The van der Waals surface area contributed by atoms with Gasteiger partial charge in [-0.25, -0.2) is 0 Å². The van der Waals surface area contributed by atoms with E-state index in [1.165, 1.54) is 16.7 Å². The molecular formula is C14H19NO2. The second-order valence-corrected chi connectivity index (χ2v) is 5.08. The average molecular weight is 233 g/mol.